The van der Waals surface area contributed by atoms with Crippen molar-refractivity contribution in [2.45, 2.75) is 12.8 Å². The topological polar surface area (TPSA) is 41.6 Å². The maximum absolute atomic E-state index is 5.69. The number of aliphatic imine (C=N–C) groups is 1. The Kier molecular flexibility index (Phi) is 2.95. The Balaban J connectivity index is 2.38. The van der Waals surface area contributed by atoms with Crippen LogP contribution < -0.4 is 5.73 Å². The van der Waals surface area contributed by atoms with E-state index in [1.54, 1.807) is 6.08 Å². The molecule has 0 atom stereocenters. The Morgan fingerprint density at radius 1 is 1.55 bits per heavy atom. The first-order chi connectivity index (χ1) is 5.34. The van der Waals surface area contributed by atoms with Crippen LogP contribution in [0.25, 0.3) is 0 Å². The van der Waals surface area contributed by atoms with Crippen LogP contribution >= 0.6 is 0 Å². The summed E-state index contributed by atoms with van der Waals surface area (Å²) in [5, 5.41) is 0. The molecule has 1 heterocycles. The summed E-state index contributed by atoms with van der Waals surface area (Å²) in [5.74, 6) is 0.669. The smallest absolute Gasteiger partial charge is 0.191 e. The van der Waals surface area contributed by atoms with E-state index >= 15 is 0 Å². The minimum atomic E-state index is 0.627. The second-order valence-electron chi connectivity index (χ2n) is 2.68. The molecule has 0 radical (unpaired) electrons. The van der Waals surface area contributed by atoms with Crippen molar-refractivity contribution in [2.24, 2.45) is 10.7 Å². The highest BCUT2D eigenvalue weighted by molar-refractivity contribution is 5.78. The van der Waals surface area contributed by atoms with E-state index in [0.717, 1.165) is 13.1 Å². The van der Waals surface area contributed by atoms with E-state index in [2.05, 4.69) is 16.5 Å². The fourth-order valence-corrected chi connectivity index (χ4v) is 1.20. The van der Waals surface area contributed by atoms with Crippen LogP contribution in [-0.4, -0.2) is 30.5 Å². The van der Waals surface area contributed by atoms with Gasteiger partial charge in [0.25, 0.3) is 0 Å². The molecule has 0 spiro atoms. The van der Waals surface area contributed by atoms with Gasteiger partial charge in [0.15, 0.2) is 5.96 Å². The van der Waals surface area contributed by atoms with E-state index in [1.165, 1.54) is 12.8 Å². The van der Waals surface area contributed by atoms with E-state index in [-0.39, 0.29) is 0 Å². The van der Waals surface area contributed by atoms with E-state index < -0.39 is 0 Å². The van der Waals surface area contributed by atoms with Crippen molar-refractivity contribution in [3.05, 3.63) is 12.7 Å². The molecule has 0 aliphatic carbocycles. The van der Waals surface area contributed by atoms with Gasteiger partial charge in [-0.3, -0.25) is 0 Å². The van der Waals surface area contributed by atoms with Gasteiger partial charge in [0.2, 0.25) is 0 Å². The van der Waals surface area contributed by atoms with E-state index in [4.69, 9.17) is 5.73 Å². The maximum atomic E-state index is 5.69. The molecule has 1 fully saturated rings. The zero-order chi connectivity index (χ0) is 8.10. The number of likely N-dealkylation sites (tertiary alicyclic amines) is 1. The van der Waals surface area contributed by atoms with Gasteiger partial charge >= 0.3 is 0 Å². The number of nitrogens with two attached hydrogens (primary N) is 1. The Hall–Kier alpha value is -0.990. The Labute approximate surface area is 67.6 Å². The second-order valence-corrected chi connectivity index (χ2v) is 2.68. The van der Waals surface area contributed by atoms with Crippen molar-refractivity contribution in [3.8, 4) is 0 Å². The van der Waals surface area contributed by atoms with Gasteiger partial charge in [-0.25, -0.2) is 4.99 Å². The van der Waals surface area contributed by atoms with Gasteiger partial charge in [-0.15, -0.1) is 6.58 Å². The third-order valence-corrected chi connectivity index (χ3v) is 1.81. The molecule has 0 unspecified atom stereocenters. The van der Waals surface area contributed by atoms with Gasteiger partial charge in [-0.2, -0.15) is 0 Å². The molecule has 0 aromatic heterocycles. The van der Waals surface area contributed by atoms with Gasteiger partial charge in [0, 0.05) is 13.1 Å². The van der Waals surface area contributed by atoms with E-state index in [9.17, 15) is 0 Å². The van der Waals surface area contributed by atoms with E-state index in [0.29, 0.717) is 12.5 Å². The van der Waals surface area contributed by atoms with Crippen LogP contribution in [0.4, 0.5) is 0 Å². The van der Waals surface area contributed by atoms with Crippen molar-refractivity contribution in [1.82, 2.24) is 4.90 Å². The summed E-state index contributed by atoms with van der Waals surface area (Å²) >= 11 is 0. The van der Waals surface area contributed by atoms with Crippen LogP contribution in [0.15, 0.2) is 17.6 Å². The molecule has 1 aliphatic heterocycles. The average molecular weight is 153 g/mol. The molecule has 3 heteroatoms. The first-order valence-electron chi connectivity index (χ1n) is 4.00. The lowest BCUT2D eigenvalue weighted by atomic mass is 10.4. The van der Waals surface area contributed by atoms with Crippen LogP contribution in [0.5, 0.6) is 0 Å². The van der Waals surface area contributed by atoms with E-state index in [1.807, 2.05) is 0 Å². The molecule has 0 aromatic carbocycles. The molecule has 11 heavy (non-hydrogen) atoms. The third-order valence-electron chi connectivity index (χ3n) is 1.81. The van der Waals surface area contributed by atoms with Gasteiger partial charge < -0.3 is 10.6 Å². The summed E-state index contributed by atoms with van der Waals surface area (Å²) in [6.45, 7) is 6.33. The molecule has 1 aliphatic rings. The highest BCUT2D eigenvalue weighted by atomic mass is 15.3. The molecule has 1 saturated heterocycles. The number of hydrogen-bond acceptors (Lipinski definition) is 1. The zero-order valence-corrected chi connectivity index (χ0v) is 6.79. The number of guanidine groups is 1. The molecule has 3 nitrogen and oxygen atoms in total. The van der Waals surface area contributed by atoms with Gasteiger partial charge in [-0.1, -0.05) is 6.08 Å². The van der Waals surface area contributed by atoms with Crippen molar-refractivity contribution in [2.75, 3.05) is 19.6 Å². The van der Waals surface area contributed by atoms with Gasteiger partial charge in [0.05, 0.1) is 6.54 Å². The van der Waals surface area contributed by atoms with Crippen molar-refractivity contribution < 1.29 is 0 Å². The highest BCUT2D eigenvalue weighted by Crippen LogP contribution is 2.05. The zero-order valence-electron chi connectivity index (χ0n) is 6.79. The van der Waals surface area contributed by atoms with Crippen LogP contribution in [0.1, 0.15) is 12.8 Å². The summed E-state index contributed by atoms with van der Waals surface area (Å²) in [5.41, 5.74) is 5.69. The number of nitrogens with zero attached hydrogens (tertiary/aromatic N) is 2. The molecule has 0 bridgehead atoms. The predicted molar refractivity (Wildman–Crippen MR) is 47.5 cm³/mol. The Morgan fingerprint density at radius 3 is 2.73 bits per heavy atom. The molecule has 0 aromatic rings. The Morgan fingerprint density at radius 2 is 2.18 bits per heavy atom. The number of hydrogen-bond donors (Lipinski definition) is 1. The van der Waals surface area contributed by atoms with Crippen LogP contribution in [0.2, 0.25) is 0 Å². The third kappa shape index (κ3) is 2.26. The summed E-state index contributed by atoms with van der Waals surface area (Å²) in [7, 11) is 0. The molecule has 2 N–H and O–H groups in total. The highest BCUT2D eigenvalue weighted by Gasteiger charge is 2.12. The van der Waals surface area contributed by atoms with Crippen LogP contribution in [0.3, 0.4) is 0 Å². The SMILES string of the molecule is C=CCN=C(N)N1CCCC1. The second kappa shape index (κ2) is 4.01. The first-order valence-corrected chi connectivity index (χ1v) is 4.00. The largest absolute Gasteiger partial charge is 0.370 e. The van der Waals surface area contributed by atoms with Crippen LogP contribution in [-0.2, 0) is 0 Å². The lowest BCUT2D eigenvalue weighted by molar-refractivity contribution is 0.511. The number of rotatable bonds is 2. The van der Waals surface area contributed by atoms with Gasteiger partial charge in [-0.05, 0) is 12.8 Å². The monoisotopic (exact) mass is 153 g/mol. The minimum absolute atomic E-state index is 0.627. The lowest BCUT2D eigenvalue weighted by Gasteiger charge is -2.15. The molecular formula is C8H15N3. The summed E-state index contributed by atoms with van der Waals surface area (Å²) in [4.78, 5) is 6.24. The van der Waals surface area contributed by atoms with Crippen LogP contribution in [0, 0.1) is 0 Å². The molecule has 62 valence electrons. The molecule has 0 saturated carbocycles. The standard InChI is InChI=1S/C8H15N3/c1-2-5-10-8(9)11-6-3-4-7-11/h2H,1,3-7H2,(H2,9,10). The molecular weight excluding hydrogens is 138 g/mol. The predicted octanol–water partition coefficient (Wildman–Crippen LogP) is 0.583. The summed E-state index contributed by atoms with van der Waals surface area (Å²) in [6, 6.07) is 0. The van der Waals surface area contributed by atoms with Crippen molar-refractivity contribution >= 4 is 5.96 Å². The minimum Gasteiger partial charge on any atom is -0.370 e. The normalized spacial score (nSPS) is 18.9. The quantitative estimate of drug-likeness (QED) is 0.358. The average Bonchev–Trinajstić information content (AvgIpc) is 2.52. The van der Waals surface area contributed by atoms with Crippen molar-refractivity contribution in [3.63, 3.8) is 0 Å². The fourth-order valence-electron chi connectivity index (χ4n) is 1.20. The van der Waals surface area contributed by atoms with Crippen molar-refractivity contribution in [1.29, 1.82) is 0 Å². The Bertz CT molecular complexity index is 157. The first kappa shape index (κ1) is 8.11. The fraction of sp³-hybridized carbons (Fsp3) is 0.625. The van der Waals surface area contributed by atoms with Gasteiger partial charge in [0.1, 0.15) is 0 Å². The lowest BCUT2D eigenvalue weighted by Crippen LogP contribution is -2.34. The molecule has 0 amide bonds. The summed E-state index contributed by atoms with van der Waals surface area (Å²) < 4.78 is 0. The molecule has 1 rings (SSSR count). The maximum Gasteiger partial charge on any atom is 0.191 e. The summed E-state index contributed by atoms with van der Waals surface area (Å²) in [6.07, 6.45) is 4.23.